The minimum atomic E-state index is 0.730. The second kappa shape index (κ2) is 8.98. The van der Waals surface area contributed by atoms with Crippen molar-refractivity contribution in [3.63, 3.8) is 0 Å². The second-order valence-corrected chi connectivity index (χ2v) is 1.72. The Morgan fingerprint density at radius 2 is 1.75 bits per heavy atom. The van der Waals surface area contributed by atoms with Gasteiger partial charge in [0.2, 0.25) is 0 Å². The van der Waals surface area contributed by atoms with E-state index in [1.54, 1.807) is 0 Å². The molecule has 0 aromatic heterocycles. The van der Waals surface area contributed by atoms with Crippen LogP contribution in [0.4, 0.5) is 0 Å². The number of hydrogen-bond donors (Lipinski definition) is 0. The van der Waals surface area contributed by atoms with Crippen LogP contribution in [0, 0.1) is 47.9 Å². The quantitative estimate of drug-likeness (QED) is 0.395. The lowest BCUT2D eigenvalue weighted by molar-refractivity contribution is 1.45. The van der Waals surface area contributed by atoms with Crippen molar-refractivity contribution in [1.82, 2.24) is 0 Å². The molecular weight excluding hydrogens is 144 g/mol. The highest BCUT2D eigenvalue weighted by Gasteiger charge is 1.62. The van der Waals surface area contributed by atoms with Gasteiger partial charge in [0.1, 0.15) is 0 Å². The summed E-state index contributed by atoms with van der Waals surface area (Å²) in [4.78, 5) is 0. The molecule has 56 valence electrons. The Morgan fingerprint density at radius 1 is 1.08 bits per heavy atom. The van der Waals surface area contributed by atoms with Gasteiger partial charge in [0.25, 0.3) is 0 Å². The Kier molecular flexibility index (Phi) is 7.47. The lowest BCUT2D eigenvalue weighted by Crippen LogP contribution is -1.57. The van der Waals surface area contributed by atoms with Crippen LogP contribution in [0.2, 0.25) is 0 Å². The SMILES string of the molecule is C#CC#CC#CC#CC/C=C/C. The Bertz CT molecular complexity index is 356. The summed E-state index contributed by atoms with van der Waals surface area (Å²) in [6.45, 7) is 1.95. The molecule has 0 N–H and O–H groups in total. The van der Waals surface area contributed by atoms with Crippen LogP contribution in [-0.4, -0.2) is 0 Å². The summed E-state index contributed by atoms with van der Waals surface area (Å²) < 4.78 is 0. The number of allylic oxidation sites excluding steroid dienone is 2. The van der Waals surface area contributed by atoms with E-state index in [4.69, 9.17) is 6.42 Å². The zero-order chi connectivity index (χ0) is 9.07. The molecule has 0 fully saturated rings. The molecule has 0 heteroatoms. The van der Waals surface area contributed by atoms with Crippen molar-refractivity contribution in [2.24, 2.45) is 0 Å². The van der Waals surface area contributed by atoms with Gasteiger partial charge in [-0.3, -0.25) is 0 Å². The van der Waals surface area contributed by atoms with E-state index in [1.165, 1.54) is 0 Å². The van der Waals surface area contributed by atoms with Gasteiger partial charge in [0.05, 0.1) is 0 Å². The zero-order valence-corrected chi connectivity index (χ0v) is 6.94. The molecule has 0 amide bonds. The van der Waals surface area contributed by atoms with E-state index in [9.17, 15) is 0 Å². The molecule has 0 spiro atoms. The predicted octanol–water partition coefficient (Wildman–Crippen LogP) is 1.60. The molecule has 0 unspecified atom stereocenters. The molecule has 0 nitrogen and oxygen atoms in total. The fourth-order valence-corrected chi connectivity index (χ4v) is 0.402. The summed E-state index contributed by atoms with van der Waals surface area (Å²) >= 11 is 0. The van der Waals surface area contributed by atoms with Gasteiger partial charge in [-0.05, 0) is 42.4 Å². The van der Waals surface area contributed by atoms with Crippen molar-refractivity contribution in [3.05, 3.63) is 12.2 Å². The third-order valence-electron chi connectivity index (χ3n) is 0.866. The lowest BCUT2D eigenvalue weighted by atomic mass is 10.4. The minimum absolute atomic E-state index is 0.730. The lowest BCUT2D eigenvalue weighted by Gasteiger charge is -1.69. The first-order chi connectivity index (χ1) is 5.91. The third kappa shape index (κ3) is 7.98. The molecule has 0 saturated heterocycles. The summed E-state index contributed by atoms with van der Waals surface area (Å²) in [5.74, 6) is 17.5. The molecule has 0 aliphatic heterocycles. The Hall–Kier alpha value is -2.02. The highest BCUT2D eigenvalue weighted by Crippen LogP contribution is 1.76. The van der Waals surface area contributed by atoms with Gasteiger partial charge in [-0.1, -0.05) is 18.1 Å². The molecule has 0 heterocycles. The largest absolute Gasteiger partial charge is 0.106 e. The van der Waals surface area contributed by atoms with Crippen LogP contribution in [0.3, 0.4) is 0 Å². The highest BCUT2D eigenvalue weighted by atomic mass is 13.7. The Balaban J connectivity index is 3.83. The maximum atomic E-state index is 4.87. The molecular formula is C12H8. The monoisotopic (exact) mass is 152 g/mol. The van der Waals surface area contributed by atoms with Crippen molar-refractivity contribution in [2.45, 2.75) is 13.3 Å². The van der Waals surface area contributed by atoms with E-state index >= 15 is 0 Å². The van der Waals surface area contributed by atoms with E-state index in [1.807, 2.05) is 19.1 Å². The third-order valence-corrected chi connectivity index (χ3v) is 0.866. The normalized spacial score (nSPS) is 6.33. The van der Waals surface area contributed by atoms with Gasteiger partial charge in [-0.15, -0.1) is 6.42 Å². The van der Waals surface area contributed by atoms with E-state index in [0.717, 1.165) is 6.42 Å². The van der Waals surface area contributed by atoms with Crippen molar-refractivity contribution < 1.29 is 0 Å². The van der Waals surface area contributed by atoms with Crippen LogP contribution < -0.4 is 0 Å². The Morgan fingerprint density at radius 3 is 2.42 bits per heavy atom. The summed E-state index contributed by atoms with van der Waals surface area (Å²) in [7, 11) is 0. The first-order valence-corrected chi connectivity index (χ1v) is 3.46. The maximum Gasteiger partial charge on any atom is 0.0279 e. The molecule has 0 atom stereocenters. The highest BCUT2D eigenvalue weighted by molar-refractivity contribution is 5.39. The average molecular weight is 152 g/mol. The number of hydrogen-bond acceptors (Lipinski definition) is 0. The maximum absolute atomic E-state index is 4.87. The summed E-state index contributed by atoms with van der Waals surface area (Å²) in [5, 5.41) is 0. The molecule has 12 heavy (non-hydrogen) atoms. The van der Waals surface area contributed by atoms with Gasteiger partial charge in [-0.25, -0.2) is 0 Å². The fraction of sp³-hybridized carbons (Fsp3) is 0.167. The minimum Gasteiger partial charge on any atom is -0.106 e. The molecule has 0 aromatic carbocycles. The topological polar surface area (TPSA) is 0 Å². The van der Waals surface area contributed by atoms with Crippen LogP contribution in [0.25, 0.3) is 0 Å². The summed E-state index contributed by atoms with van der Waals surface area (Å²) in [5.41, 5.74) is 0. The standard InChI is InChI=1S/C12H8/c1-3-5-7-9-11-12-10-8-6-4-2/h1,4,6H,8H2,2H3/b6-4+. The van der Waals surface area contributed by atoms with Crippen molar-refractivity contribution >= 4 is 0 Å². The van der Waals surface area contributed by atoms with Gasteiger partial charge >= 0.3 is 0 Å². The molecule has 0 bridgehead atoms. The first kappa shape index (κ1) is 9.98. The van der Waals surface area contributed by atoms with Gasteiger partial charge in [-0.2, -0.15) is 0 Å². The fourth-order valence-electron chi connectivity index (χ4n) is 0.402. The van der Waals surface area contributed by atoms with Gasteiger partial charge in [0, 0.05) is 6.42 Å². The first-order valence-electron chi connectivity index (χ1n) is 3.46. The predicted molar refractivity (Wildman–Crippen MR) is 51.6 cm³/mol. The number of terminal acetylenes is 1. The molecule has 0 radical (unpaired) electrons. The van der Waals surface area contributed by atoms with E-state index in [-0.39, 0.29) is 0 Å². The van der Waals surface area contributed by atoms with Crippen LogP contribution >= 0.6 is 0 Å². The molecule has 0 saturated carbocycles. The van der Waals surface area contributed by atoms with Crippen LogP contribution in [0.15, 0.2) is 12.2 Å². The number of rotatable bonds is 1. The van der Waals surface area contributed by atoms with Crippen molar-refractivity contribution in [3.8, 4) is 47.9 Å². The van der Waals surface area contributed by atoms with Crippen molar-refractivity contribution in [1.29, 1.82) is 0 Å². The molecule has 0 rings (SSSR count). The molecule has 0 aromatic rings. The van der Waals surface area contributed by atoms with E-state index in [2.05, 4.69) is 41.4 Å². The summed E-state index contributed by atoms with van der Waals surface area (Å²) in [6, 6.07) is 0. The van der Waals surface area contributed by atoms with Crippen LogP contribution in [0.5, 0.6) is 0 Å². The smallest absolute Gasteiger partial charge is 0.0279 e. The molecule has 0 aliphatic carbocycles. The average Bonchev–Trinajstić information content (AvgIpc) is 2.10. The van der Waals surface area contributed by atoms with E-state index in [0.29, 0.717) is 0 Å². The van der Waals surface area contributed by atoms with Crippen molar-refractivity contribution in [2.75, 3.05) is 0 Å². The second-order valence-electron chi connectivity index (χ2n) is 1.72. The van der Waals surface area contributed by atoms with Gasteiger partial charge < -0.3 is 0 Å². The molecule has 0 aliphatic rings. The van der Waals surface area contributed by atoms with Crippen LogP contribution in [0.1, 0.15) is 13.3 Å². The van der Waals surface area contributed by atoms with E-state index < -0.39 is 0 Å². The summed E-state index contributed by atoms with van der Waals surface area (Å²) in [6.07, 6.45) is 9.51. The Labute approximate surface area is 74.1 Å². The zero-order valence-electron chi connectivity index (χ0n) is 6.94. The van der Waals surface area contributed by atoms with Crippen LogP contribution in [-0.2, 0) is 0 Å². The van der Waals surface area contributed by atoms with Gasteiger partial charge in [0.15, 0.2) is 0 Å².